The summed E-state index contributed by atoms with van der Waals surface area (Å²) in [5.74, 6) is -0.251. The van der Waals surface area contributed by atoms with E-state index in [9.17, 15) is 9.90 Å². The van der Waals surface area contributed by atoms with Crippen LogP contribution in [0.4, 0.5) is 0 Å². The van der Waals surface area contributed by atoms with Gasteiger partial charge in [0.1, 0.15) is 6.04 Å². The van der Waals surface area contributed by atoms with E-state index in [1.807, 2.05) is 37.3 Å². The van der Waals surface area contributed by atoms with Crippen LogP contribution in [0.25, 0.3) is 0 Å². The van der Waals surface area contributed by atoms with Crippen molar-refractivity contribution < 1.29 is 14.6 Å². The highest BCUT2D eigenvalue weighted by molar-refractivity contribution is 5.75. The molecule has 0 heterocycles. The molecule has 2 N–H and O–H groups in total. The smallest absolute Gasteiger partial charge is 0.323 e. The van der Waals surface area contributed by atoms with Crippen molar-refractivity contribution in [2.75, 3.05) is 13.2 Å². The molecule has 1 rings (SSSR count). The van der Waals surface area contributed by atoms with E-state index in [0.717, 1.165) is 12.0 Å². The first kappa shape index (κ1) is 15.7. The number of esters is 1. The van der Waals surface area contributed by atoms with Gasteiger partial charge in [0.05, 0.1) is 19.3 Å². The highest BCUT2D eigenvalue weighted by Gasteiger charge is 2.22. The SMILES string of the molecule is CCCC(NC(CO)c1ccccc1)C(=O)OCC. The van der Waals surface area contributed by atoms with Crippen molar-refractivity contribution in [2.45, 2.75) is 38.8 Å². The minimum atomic E-state index is -0.373. The van der Waals surface area contributed by atoms with Gasteiger partial charge in [0.25, 0.3) is 0 Å². The summed E-state index contributed by atoms with van der Waals surface area (Å²) < 4.78 is 5.05. The van der Waals surface area contributed by atoms with Gasteiger partial charge in [0.2, 0.25) is 0 Å². The third-order valence-corrected chi connectivity index (χ3v) is 2.94. The summed E-state index contributed by atoms with van der Waals surface area (Å²) in [5.41, 5.74) is 0.968. The Labute approximate surface area is 114 Å². The number of aliphatic hydroxyl groups is 1. The monoisotopic (exact) mass is 265 g/mol. The normalized spacial score (nSPS) is 13.8. The van der Waals surface area contributed by atoms with Gasteiger partial charge in [-0.15, -0.1) is 0 Å². The summed E-state index contributed by atoms with van der Waals surface area (Å²) in [5, 5.41) is 12.7. The Balaban J connectivity index is 2.72. The van der Waals surface area contributed by atoms with Crippen molar-refractivity contribution in [3.8, 4) is 0 Å². The number of rotatable bonds is 8. The quantitative estimate of drug-likeness (QED) is 0.706. The van der Waals surface area contributed by atoms with E-state index in [2.05, 4.69) is 5.32 Å². The molecule has 1 aromatic rings. The Bertz CT molecular complexity index is 367. The maximum Gasteiger partial charge on any atom is 0.323 e. The van der Waals surface area contributed by atoms with Gasteiger partial charge in [0.15, 0.2) is 0 Å². The van der Waals surface area contributed by atoms with Gasteiger partial charge in [0, 0.05) is 0 Å². The zero-order chi connectivity index (χ0) is 14.1. The second-order valence-electron chi connectivity index (χ2n) is 4.41. The molecule has 0 aliphatic rings. The Morgan fingerprint density at radius 1 is 1.32 bits per heavy atom. The molecule has 19 heavy (non-hydrogen) atoms. The number of carbonyl (C=O) groups excluding carboxylic acids is 1. The predicted octanol–water partition coefficient (Wildman–Crippen LogP) is 2.04. The molecule has 0 aliphatic heterocycles. The first-order valence-electron chi connectivity index (χ1n) is 6.81. The second kappa shape index (κ2) is 8.67. The minimum absolute atomic E-state index is 0.0520. The summed E-state index contributed by atoms with van der Waals surface area (Å²) in [4.78, 5) is 11.8. The van der Waals surface area contributed by atoms with Crippen molar-refractivity contribution in [2.24, 2.45) is 0 Å². The molecule has 0 aliphatic carbocycles. The summed E-state index contributed by atoms with van der Waals surface area (Å²) in [7, 11) is 0. The zero-order valence-corrected chi connectivity index (χ0v) is 11.6. The number of ether oxygens (including phenoxy) is 1. The lowest BCUT2D eigenvalue weighted by Gasteiger charge is -2.23. The van der Waals surface area contributed by atoms with E-state index in [1.54, 1.807) is 6.92 Å². The molecule has 2 atom stereocenters. The van der Waals surface area contributed by atoms with Gasteiger partial charge in [-0.2, -0.15) is 0 Å². The fourth-order valence-corrected chi connectivity index (χ4v) is 1.98. The molecule has 0 amide bonds. The fraction of sp³-hybridized carbons (Fsp3) is 0.533. The topological polar surface area (TPSA) is 58.6 Å². The first-order chi connectivity index (χ1) is 9.22. The minimum Gasteiger partial charge on any atom is -0.465 e. The molecule has 4 heteroatoms. The van der Waals surface area contributed by atoms with Gasteiger partial charge < -0.3 is 9.84 Å². The Morgan fingerprint density at radius 2 is 2.00 bits per heavy atom. The zero-order valence-electron chi connectivity index (χ0n) is 11.6. The van der Waals surface area contributed by atoms with Crippen LogP contribution in [0.5, 0.6) is 0 Å². The molecular weight excluding hydrogens is 242 g/mol. The predicted molar refractivity (Wildman–Crippen MR) is 74.7 cm³/mol. The van der Waals surface area contributed by atoms with Crippen molar-refractivity contribution in [3.63, 3.8) is 0 Å². The highest BCUT2D eigenvalue weighted by Crippen LogP contribution is 2.14. The average molecular weight is 265 g/mol. The van der Waals surface area contributed by atoms with Crippen LogP contribution in [-0.2, 0) is 9.53 Å². The van der Waals surface area contributed by atoms with Gasteiger partial charge in [-0.1, -0.05) is 43.7 Å². The summed E-state index contributed by atoms with van der Waals surface area (Å²) in [6.45, 7) is 4.13. The third kappa shape index (κ3) is 5.01. The first-order valence-corrected chi connectivity index (χ1v) is 6.81. The summed E-state index contributed by atoms with van der Waals surface area (Å²) in [6, 6.07) is 9.00. The van der Waals surface area contributed by atoms with E-state index in [1.165, 1.54) is 0 Å². The molecule has 106 valence electrons. The second-order valence-corrected chi connectivity index (χ2v) is 4.41. The van der Waals surface area contributed by atoms with Crippen LogP contribution in [0, 0.1) is 0 Å². The highest BCUT2D eigenvalue weighted by atomic mass is 16.5. The molecule has 4 nitrogen and oxygen atoms in total. The number of hydrogen-bond acceptors (Lipinski definition) is 4. The molecule has 0 bridgehead atoms. The van der Waals surface area contributed by atoms with Crippen molar-refractivity contribution in [1.29, 1.82) is 0 Å². The summed E-state index contributed by atoms with van der Waals surface area (Å²) >= 11 is 0. The molecule has 0 fully saturated rings. The lowest BCUT2D eigenvalue weighted by Crippen LogP contribution is -2.41. The van der Waals surface area contributed by atoms with Crippen molar-refractivity contribution in [3.05, 3.63) is 35.9 Å². The molecule has 0 saturated heterocycles. The lowest BCUT2D eigenvalue weighted by atomic mass is 10.0. The van der Waals surface area contributed by atoms with Gasteiger partial charge in [-0.3, -0.25) is 10.1 Å². The van der Waals surface area contributed by atoms with Crippen LogP contribution < -0.4 is 5.32 Å². The Morgan fingerprint density at radius 3 is 2.53 bits per heavy atom. The Hall–Kier alpha value is -1.39. The van der Waals surface area contributed by atoms with Crippen molar-refractivity contribution in [1.82, 2.24) is 5.32 Å². The molecular formula is C15H23NO3. The fourth-order valence-electron chi connectivity index (χ4n) is 1.98. The summed E-state index contributed by atoms with van der Waals surface area (Å²) in [6.07, 6.45) is 1.57. The number of hydrogen-bond donors (Lipinski definition) is 2. The average Bonchev–Trinajstić information content (AvgIpc) is 2.44. The maximum absolute atomic E-state index is 11.8. The van der Waals surface area contributed by atoms with E-state index in [0.29, 0.717) is 13.0 Å². The number of benzene rings is 1. The lowest BCUT2D eigenvalue weighted by molar-refractivity contribution is -0.146. The number of nitrogens with one attached hydrogen (secondary N) is 1. The molecule has 0 aromatic heterocycles. The van der Waals surface area contributed by atoms with Crippen LogP contribution >= 0.6 is 0 Å². The van der Waals surface area contributed by atoms with E-state index < -0.39 is 0 Å². The number of aliphatic hydroxyl groups excluding tert-OH is 1. The standard InChI is InChI=1S/C15H23NO3/c1-3-8-13(15(18)19-4-2)16-14(11-17)12-9-6-5-7-10-12/h5-7,9-10,13-14,16-17H,3-4,8,11H2,1-2H3. The third-order valence-electron chi connectivity index (χ3n) is 2.94. The molecule has 0 saturated carbocycles. The van der Waals surface area contributed by atoms with Crippen LogP contribution in [0.15, 0.2) is 30.3 Å². The van der Waals surface area contributed by atoms with E-state index in [-0.39, 0.29) is 24.7 Å². The van der Waals surface area contributed by atoms with Crippen LogP contribution in [0.2, 0.25) is 0 Å². The molecule has 0 radical (unpaired) electrons. The number of carbonyl (C=O) groups is 1. The van der Waals surface area contributed by atoms with Crippen LogP contribution in [0.3, 0.4) is 0 Å². The molecule has 0 spiro atoms. The van der Waals surface area contributed by atoms with Gasteiger partial charge in [-0.25, -0.2) is 0 Å². The van der Waals surface area contributed by atoms with Crippen LogP contribution in [-0.4, -0.2) is 30.3 Å². The largest absolute Gasteiger partial charge is 0.465 e. The Kier molecular flexibility index (Phi) is 7.15. The maximum atomic E-state index is 11.8. The molecule has 1 aromatic carbocycles. The van der Waals surface area contributed by atoms with Gasteiger partial charge in [-0.05, 0) is 18.9 Å². The van der Waals surface area contributed by atoms with Gasteiger partial charge >= 0.3 is 5.97 Å². The van der Waals surface area contributed by atoms with Crippen molar-refractivity contribution >= 4 is 5.97 Å². The van der Waals surface area contributed by atoms with Crippen LogP contribution in [0.1, 0.15) is 38.3 Å². The molecule has 2 unspecified atom stereocenters. The van der Waals surface area contributed by atoms with E-state index >= 15 is 0 Å². The van der Waals surface area contributed by atoms with E-state index in [4.69, 9.17) is 4.74 Å².